The van der Waals surface area contributed by atoms with Gasteiger partial charge in [-0.3, -0.25) is 0 Å². The molecule has 1 rings (SSSR count). The Balaban J connectivity index is 2.65. The molecule has 0 radical (unpaired) electrons. The van der Waals surface area contributed by atoms with Crippen molar-refractivity contribution in [2.24, 2.45) is 0 Å². The van der Waals surface area contributed by atoms with Crippen LogP contribution in [0.15, 0.2) is 11.4 Å². The summed E-state index contributed by atoms with van der Waals surface area (Å²) in [4.78, 5) is 1.30. The van der Waals surface area contributed by atoms with Crippen molar-refractivity contribution in [2.45, 2.75) is 31.3 Å². The van der Waals surface area contributed by atoms with Gasteiger partial charge >= 0.3 is 0 Å². The molecule has 0 saturated carbocycles. The molecule has 82 valence electrons. The minimum atomic E-state index is -0.0678. The molecule has 1 aromatic rings. The molecule has 1 aromatic heterocycles. The second kappa shape index (κ2) is 5.60. The third-order valence-corrected chi connectivity index (χ3v) is 4.09. The maximum absolute atomic E-state index is 8.64. The fraction of sp³-hybridized carbons (Fsp3) is 0.500. The average Bonchev–Trinajstić information content (AvgIpc) is 2.57. The summed E-state index contributed by atoms with van der Waals surface area (Å²) in [6.45, 7) is 6.57. The number of hydrogen-bond donors (Lipinski definition) is 1. The molecule has 0 saturated heterocycles. The van der Waals surface area contributed by atoms with E-state index in [0.29, 0.717) is 0 Å². The maximum Gasteiger partial charge on any atom is 0.104 e. The van der Waals surface area contributed by atoms with Crippen molar-refractivity contribution < 1.29 is 5.11 Å². The van der Waals surface area contributed by atoms with Gasteiger partial charge in [-0.25, -0.2) is 0 Å². The first kappa shape index (κ1) is 12.6. The first-order valence-electron chi connectivity index (χ1n) is 4.83. The molecule has 0 aliphatic carbocycles. The monoisotopic (exact) mass is 240 g/mol. The highest BCUT2D eigenvalue weighted by Gasteiger charge is 2.12. The van der Waals surface area contributed by atoms with Crippen LogP contribution in [0.2, 0.25) is 0 Å². The second-order valence-electron chi connectivity index (χ2n) is 4.12. The lowest BCUT2D eigenvalue weighted by Gasteiger charge is -2.16. The zero-order valence-corrected chi connectivity index (χ0v) is 11.0. The Morgan fingerprint density at radius 3 is 2.80 bits per heavy atom. The van der Waals surface area contributed by atoms with E-state index in [2.05, 4.69) is 38.0 Å². The van der Waals surface area contributed by atoms with E-state index in [1.54, 1.807) is 11.3 Å². The summed E-state index contributed by atoms with van der Waals surface area (Å²) in [6, 6.07) is 2.02. The third kappa shape index (κ3) is 4.74. The molecule has 1 heterocycles. The SMILES string of the molecule is CC(C)(C)SCc1sccc1C#CCO. The number of rotatable bonds is 2. The van der Waals surface area contributed by atoms with Crippen molar-refractivity contribution in [1.29, 1.82) is 0 Å². The smallest absolute Gasteiger partial charge is 0.104 e. The van der Waals surface area contributed by atoms with E-state index in [9.17, 15) is 0 Å². The van der Waals surface area contributed by atoms with E-state index >= 15 is 0 Å². The van der Waals surface area contributed by atoms with Gasteiger partial charge in [-0.1, -0.05) is 32.6 Å². The Labute approximate surface area is 99.9 Å². The van der Waals surface area contributed by atoms with Crippen LogP contribution in [0, 0.1) is 11.8 Å². The van der Waals surface area contributed by atoms with E-state index in [1.165, 1.54) is 4.88 Å². The average molecular weight is 240 g/mol. The highest BCUT2D eigenvalue weighted by atomic mass is 32.2. The highest BCUT2D eigenvalue weighted by molar-refractivity contribution is 7.99. The van der Waals surface area contributed by atoms with Crippen molar-refractivity contribution in [3.63, 3.8) is 0 Å². The van der Waals surface area contributed by atoms with Gasteiger partial charge in [0, 0.05) is 20.9 Å². The van der Waals surface area contributed by atoms with Crippen LogP contribution in [-0.4, -0.2) is 16.5 Å². The Bertz CT molecular complexity index is 363. The van der Waals surface area contributed by atoms with Gasteiger partial charge in [0.1, 0.15) is 6.61 Å². The quantitative estimate of drug-likeness (QED) is 0.802. The lowest BCUT2D eigenvalue weighted by Crippen LogP contribution is -2.07. The van der Waals surface area contributed by atoms with Crippen LogP contribution >= 0.6 is 23.1 Å². The second-order valence-corrected chi connectivity index (χ2v) is 6.92. The summed E-state index contributed by atoms with van der Waals surface area (Å²) < 4.78 is 0.283. The van der Waals surface area contributed by atoms with Crippen molar-refractivity contribution >= 4 is 23.1 Å². The summed E-state index contributed by atoms with van der Waals surface area (Å²) in [5.74, 6) is 6.66. The number of thiophene rings is 1. The van der Waals surface area contributed by atoms with Gasteiger partial charge in [-0.15, -0.1) is 11.3 Å². The lowest BCUT2D eigenvalue weighted by atomic mass is 10.2. The number of thioether (sulfide) groups is 1. The lowest BCUT2D eigenvalue weighted by molar-refractivity contribution is 0.350. The van der Waals surface area contributed by atoms with Crippen molar-refractivity contribution in [3.05, 3.63) is 21.9 Å². The standard InChI is InChI=1S/C12H16OS2/c1-12(2,3)15-9-11-10(5-4-7-13)6-8-14-11/h6,8,13H,7,9H2,1-3H3. The Hall–Kier alpha value is -0.430. The molecule has 0 atom stereocenters. The molecular weight excluding hydrogens is 224 g/mol. The number of aliphatic hydroxyl groups excluding tert-OH is 1. The minimum absolute atomic E-state index is 0.0678. The first-order chi connectivity index (χ1) is 7.03. The molecule has 0 spiro atoms. The Kier molecular flexibility index (Phi) is 4.72. The third-order valence-electron chi connectivity index (χ3n) is 1.68. The van der Waals surface area contributed by atoms with Crippen LogP contribution in [0.1, 0.15) is 31.2 Å². The van der Waals surface area contributed by atoms with Crippen molar-refractivity contribution in [1.82, 2.24) is 0 Å². The predicted octanol–water partition coefficient (Wildman–Crippen LogP) is 3.12. The minimum Gasteiger partial charge on any atom is -0.384 e. The summed E-state index contributed by atoms with van der Waals surface area (Å²) in [6.07, 6.45) is 0. The topological polar surface area (TPSA) is 20.2 Å². The normalized spacial score (nSPS) is 10.9. The largest absolute Gasteiger partial charge is 0.384 e. The molecule has 3 heteroatoms. The molecule has 0 aliphatic rings. The molecule has 1 nitrogen and oxygen atoms in total. The van der Waals surface area contributed by atoms with Crippen LogP contribution in [-0.2, 0) is 5.75 Å². The molecule has 0 aliphatic heterocycles. The molecule has 1 N–H and O–H groups in total. The van der Waals surface area contributed by atoms with E-state index in [1.807, 2.05) is 17.8 Å². The van der Waals surface area contributed by atoms with Crippen LogP contribution < -0.4 is 0 Å². The van der Waals surface area contributed by atoms with Gasteiger partial charge in [0.2, 0.25) is 0 Å². The molecule has 0 bridgehead atoms. The predicted molar refractivity (Wildman–Crippen MR) is 69.3 cm³/mol. The van der Waals surface area contributed by atoms with E-state index in [-0.39, 0.29) is 11.4 Å². The fourth-order valence-electron chi connectivity index (χ4n) is 0.981. The van der Waals surface area contributed by atoms with Crippen molar-refractivity contribution in [3.8, 4) is 11.8 Å². The van der Waals surface area contributed by atoms with E-state index < -0.39 is 0 Å². The van der Waals surface area contributed by atoms with Gasteiger partial charge in [0.15, 0.2) is 0 Å². The summed E-state index contributed by atoms with van der Waals surface area (Å²) in [5.41, 5.74) is 1.06. The molecule has 15 heavy (non-hydrogen) atoms. The summed E-state index contributed by atoms with van der Waals surface area (Å²) >= 11 is 3.65. The zero-order valence-electron chi connectivity index (χ0n) is 9.33. The Morgan fingerprint density at radius 1 is 1.47 bits per heavy atom. The molecule has 0 amide bonds. The summed E-state index contributed by atoms with van der Waals surface area (Å²) in [7, 11) is 0. The van der Waals surface area contributed by atoms with Crippen LogP contribution in [0.3, 0.4) is 0 Å². The van der Waals surface area contributed by atoms with Crippen LogP contribution in [0.5, 0.6) is 0 Å². The molecule has 0 fully saturated rings. The number of hydrogen-bond acceptors (Lipinski definition) is 3. The van der Waals surface area contributed by atoms with E-state index in [4.69, 9.17) is 5.11 Å². The maximum atomic E-state index is 8.64. The molecule has 0 aromatic carbocycles. The van der Waals surface area contributed by atoms with Crippen molar-refractivity contribution in [2.75, 3.05) is 6.61 Å². The fourth-order valence-corrected chi connectivity index (χ4v) is 2.76. The van der Waals surface area contributed by atoms with Gasteiger partial charge in [-0.05, 0) is 11.4 Å². The highest BCUT2D eigenvalue weighted by Crippen LogP contribution is 2.30. The zero-order chi connectivity index (χ0) is 11.3. The van der Waals surface area contributed by atoms with Crippen LogP contribution in [0.25, 0.3) is 0 Å². The summed E-state index contributed by atoms with van der Waals surface area (Å²) in [5, 5.41) is 10.7. The van der Waals surface area contributed by atoms with Gasteiger partial charge in [0.05, 0.1) is 0 Å². The van der Waals surface area contributed by atoms with Gasteiger partial charge < -0.3 is 5.11 Å². The first-order valence-corrected chi connectivity index (χ1v) is 6.69. The van der Waals surface area contributed by atoms with Gasteiger partial charge in [-0.2, -0.15) is 11.8 Å². The molecule has 0 unspecified atom stereocenters. The van der Waals surface area contributed by atoms with Gasteiger partial charge in [0.25, 0.3) is 0 Å². The molecular formula is C12H16OS2. The Morgan fingerprint density at radius 2 is 2.20 bits per heavy atom. The van der Waals surface area contributed by atoms with E-state index in [0.717, 1.165) is 11.3 Å². The number of aliphatic hydroxyl groups is 1. The van der Waals surface area contributed by atoms with Crippen LogP contribution in [0.4, 0.5) is 0 Å².